The molecular formula is C13H14Br2N2S. The molecule has 5 heteroatoms. The highest BCUT2D eigenvalue weighted by molar-refractivity contribution is 9.10. The minimum Gasteiger partial charge on any atom is -0.309 e. The largest absolute Gasteiger partial charge is 0.309 e. The van der Waals surface area contributed by atoms with Crippen molar-refractivity contribution in [3.05, 3.63) is 49.3 Å². The second-order valence-corrected chi connectivity index (χ2v) is 6.72. The molecule has 0 saturated heterocycles. The molecule has 0 aliphatic carbocycles. The molecule has 2 aromatic heterocycles. The Labute approximate surface area is 128 Å². The van der Waals surface area contributed by atoms with Crippen LogP contribution in [0.1, 0.15) is 23.5 Å². The van der Waals surface area contributed by atoms with Crippen molar-refractivity contribution in [2.24, 2.45) is 0 Å². The molecule has 1 N–H and O–H groups in total. The Balaban J connectivity index is 2.13. The van der Waals surface area contributed by atoms with Crippen LogP contribution in [-0.2, 0) is 6.42 Å². The summed E-state index contributed by atoms with van der Waals surface area (Å²) in [5, 5.41) is 5.63. The van der Waals surface area contributed by atoms with E-state index in [0.29, 0.717) is 6.04 Å². The Morgan fingerprint density at radius 1 is 1.33 bits per heavy atom. The van der Waals surface area contributed by atoms with Crippen LogP contribution in [0, 0.1) is 0 Å². The molecule has 0 bridgehead atoms. The first-order chi connectivity index (χ1) is 8.69. The van der Waals surface area contributed by atoms with Gasteiger partial charge in [-0.25, -0.2) is 0 Å². The lowest BCUT2D eigenvalue weighted by molar-refractivity contribution is 0.552. The van der Waals surface area contributed by atoms with E-state index in [-0.39, 0.29) is 0 Å². The van der Waals surface area contributed by atoms with Crippen molar-refractivity contribution in [3.8, 4) is 0 Å². The SMILES string of the molecule is CCNC(Cc1ccc(Br)cn1)c1cc(Br)cs1. The molecule has 0 saturated carbocycles. The lowest BCUT2D eigenvalue weighted by Crippen LogP contribution is -2.22. The van der Waals surface area contributed by atoms with Gasteiger partial charge >= 0.3 is 0 Å². The van der Waals surface area contributed by atoms with Gasteiger partial charge in [-0.2, -0.15) is 0 Å². The summed E-state index contributed by atoms with van der Waals surface area (Å²) in [4.78, 5) is 5.78. The van der Waals surface area contributed by atoms with Gasteiger partial charge in [0.1, 0.15) is 0 Å². The van der Waals surface area contributed by atoms with Gasteiger partial charge in [0, 0.05) is 43.6 Å². The lowest BCUT2D eigenvalue weighted by atomic mass is 10.1. The maximum Gasteiger partial charge on any atom is 0.0471 e. The molecule has 18 heavy (non-hydrogen) atoms. The fraction of sp³-hybridized carbons (Fsp3) is 0.308. The monoisotopic (exact) mass is 388 g/mol. The maximum absolute atomic E-state index is 4.44. The molecule has 2 aromatic rings. The molecule has 0 aliphatic rings. The normalized spacial score (nSPS) is 12.6. The van der Waals surface area contributed by atoms with Gasteiger partial charge in [-0.1, -0.05) is 6.92 Å². The van der Waals surface area contributed by atoms with Crippen LogP contribution in [0.15, 0.2) is 38.7 Å². The molecule has 0 amide bonds. The molecule has 0 spiro atoms. The Morgan fingerprint density at radius 3 is 2.72 bits per heavy atom. The van der Waals surface area contributed by atoms with Crippen LogP contribution < -0.4 is 5.32 Å². The summed E-state index contributed by atoms with van der Waals surface area (Å²) < 4.78 is 2.17. The predicted octanol–water partition coefficient (Wildman–Crippen LogP) is 4.56. The second kappa shape index (κ2) is 6.80. The smallest absolute Gasteiger partial charge is 0.0471 e. The average molecular weight is 390 g/mol. The summed E-state index contributed by atoms with van der Waals surface area (Å²) in [7, 11) is 0. The molecule has 0 radical (unpaired) electrons. The van der Waals surface area contributed by atoms with Gasteiger partial charge in [0.05, 0.1) is 0 Å². The third kappa shape index (κ3) is 3.88. The van der Waals surface area contributed by atoms with Gasteiger partial charge in [-0.15, -0.1) is 11.3 Å². The van der Waals surface area contributed by atoms with Gasteiger partial charge < -0.3 is 5.32 Å². The van der Waals surface area contributed by atoms with Crippen molar-refractivity contribution in [1.29, 1.82) is 0 Å². The summed E-state index contributed by atoms with van der Waals surface area (Å²) >= 11 is 8.69. The Kier molecular flexibility index (Phi) is 5.36. The predicted molar refractivity (Wildman–Crippen MR) is 84.1 cm³/mol. The fourth-order valence-corrected chi connectivity index (χ4v) is 3.52. The summed E-state index contributed by atoms with van der Waals surface area (Å²) in [5.74, 6) is 0. The molecule has 2 nitrogen and oxygen atoms in total. The first-order valence-electron chi connectivity index (χ1n) is 5.76. The van der Waals surface area contributed by atoms with Crippen LogP contribution in [0.2, 0.25) is 0 Å². The number of nitrogens with zero attached hydrogens (tertiary/aromatic N) is 1. The highest BCUT2D eigenvalue weighted by Crippen LogP contribution is 2.27. The number of thiophene rings is 1. The van der Waals surface area contributed by atoms with Gasteiger partial charge in [-0.05, 0) is 56.6 Å². The van der Waals surface area contributed by atoms with E-state index in [1.54, 1.807) is 11.3 Å². The quantitative estimate of drug-likeness (QED) is 0.810. The van der Waals surface area contributed by atoms with Gasteiger partial charge in [0.15, 0.2) is 0 Å². The first-order valence-corrected chi connectivity index (χ1v) is 8.23. The Bertz CT molecular complexity index is 496. The highest BCUT2D eigenvalue weighted by atomic mass is 79.9. The first kappa shape index (κ1) is 14.2. The number of likely N-dealkylation sites (N-methyl/N-ethyl adjacent to an activating group) is 1. The molecule has 2 heterocycles. The van der Waals surface area contributed by atoms with E-state index in [1.807, 2.05) is 12.3 Å². The van der Waals surface area contributed by atoms with Crippen LogP contribution in [-0.4, -0.2) is 11.5 Å². The Hall–Kier alpha value is -0.230. The van der Waals surface area contributed by atoms with E-state index in [2.05, 4.69) is 66.6 Å². The van der Waals surface area contributed by atoms with Gasteiger partial charge in [0.2, 0.25) is 0 Å². The van der Waals surface area contributed by atoms with Crippen LogP contribution in [0.4, 0.5) is 0 Å². The summed E-state index contributed by atoms with van der Waals surface area (Å²) in [6.45, 7) is 3.08. The van der Waals surface area contributed by atoms with Gasteiger partial charge in [0.25, 0.3) is 0 Å². The number of halogens is 2. The van der Waals surface area contributed by atoms with E-state index in [0.717, 1.165) is 27.6 Å². The third-order valence-corrected chi connectivity index (χ3v) is 4.86. The van der Waals surface area contributed by atoms with E-state index in [9.17, 15) is 0 Å². The number of aromatic nitrogens is 1. The van der Waals surface area contributed by atoms with Crippen molar-refractivity contribution >= 4 is 43.2 Å². The number of rotatable bonds is 5. The van der Waals surface area contributed by atoms with Crippen LogP contribution >= 0.6 is 43.2 Å². The molecule has 0 fully saturated rings. The van der Waals surface area contributed by atoms with E-state index < -0.39 is 0 Å². The van der Waals surface area contributed by atoms with E-state index in [4.69, 9.17) is 0 Å². The van der Waals surface area contributed by atoms with Crippen molar-refractivity contribution in [2.75, 3.05) is 6.54 Å². The summed E-state index contributed by atoms with van der Waals surface area (Å²) in [6.07, 6.45) is 2.76. The Morgan fingerprint density at radius 2 is 2.17 bits per heavy atom. The minimum atomic E-state index is 0.333. The molecule has 0 aromatic carbocycles. The molecule has 1 unspecified atom stereocenters. The van der Waals surface area contributed by atoms with Crippen LogP contribution in [0.5, 0.6) is 0 Å². The molecule has 1 atom stereocenters. The third-order valence-electron chi connectivity index (χ3n) is 2.58. The number of hydrogen-bond acceptors (Lipinski definition) is 3. The van der Waals surface area contributed by atoms with Crippen molar-refractivity contribution in [1.82, 2.24) is 10.3 Å². The zero-order valence-electron chi connectivity index (χ0n) is 9.99. The van der Waals surface area contributed by atoms with E-state index in [1.165, 1.54) is 4.88 Å². The summed E-state index contributed by atoms with van der Waals surface area (Å²) in [5.41, 5.74) is 1.11. The highest BCUT2D eigenvalue weighted by Gasteiger charge is 2.13. The molecular weight excluding hydrogens is 376 g/mol. The number of nitrogens with one attached hydrogen (secondary N) is 1. The zero-order chi connectivity index (χ0) is 13.0. The molecule has 2 rings (SSSR count). The number of hydrogen-bond donors (Lipinski definition) is 1. The van der Waals surface area contributed by atoms with Crippen LogP contribution in [0.3, 0.4) is 0 Å². The molecule has 0 aliphatic heterocycles. The van der Waals surface area contributed by atoms with Crippen molar-refractivity contribution < 1.29 is 0 Å². The average Bonchev–Trinajstić information content (AvgIpc) is 2.78. The fourth-order valence-electron chi connectivity index (χ4n) is 1.77. The lowest BCUT2D eigenvalue weighted by Gasteiger charge is -2.15. The van der Waals surface area contributed by atoms with Crippen molar-refractivity contribution in [2.45, 2.75) is 19.4 Å². The zero-order valence-corrected chi connectivity index (χ0v) is 14.0. The van der Waals surface area contributed by atoms with Crippen LogP contribution in [0.25, 0.3) is 0 Å². The second-order valence-electron chi connectivity index (χ2n) is 3.95. The molecule has 96 valence electrons. The topological polar surface area (TPSA) is 24.9 Å². The standard InChI is InChI=1S/C13H14Br2N2S/c1-2-16-12(13-5-10(15)8-18-13)6-11-4-3-9(14)7-17-11/h3-5,7-8,12,16H,2,6H2,1H3. The van der Waals surface area contributed by atoms with Crippen molar-refractivity contribution in [3.63, 3.8) is 0 Å². The summed E-state index contributed by atoms with van der Waals surface area (Å²) in [6, 6.07) is 6.61. The van der Waals surface area contributed by atoms with Gasteiger partial charge in [-0.3, -0.25) is 4.98 Å². The minimum absolute atomic E-state index is 0.333. The maximum atomic E-state index is 4.44. The number of pyridine rings is 1. The van der Waals surface area contributed by atoms with E-state index >= 15 is 0 Å².